The van der Waals surface area contributed by atoms with Crippen LogP contribution in [0.5, 0.6) is 0 Å². The highest BCUT2D eigenvalue weighted by Crippen LogP contribution is 2.17. The Kier molecular flexibility index (Phi) is 4.92. The Morgan fingerprint density at radius 2 is 1.53 bits per heavy atom. The van der Waals surface area contributed by atoms with Crippen LogP contribution in [0.3, 0.4) is 0 Å². The monoisotopic (exact) mass is 257 g/mol. The first-order valence-corrected chi connectivity index (χ1v) is 7.33. The van der Waals surface area contributed by atoms with E-state index >= 15 is 0 Å². The predicted molar refractivity (Wildman–Crippen MR) is 69.9 cm³/mol. The summed E-state index contributed by atoms with van der Waals surface area (Å²) < 4.78 is 22.6. The molecule has 0 aromatic heterocycles. The van der Waals surface area contributed by atoms with Crippen LogP contribution >= 0.6 is 0 Å². The van der Waals surface area contributed by atoms with Crippen LogP contribution in [0.25, 0.3) is 0 Å². The topological polar surface area (TPSA) is 89.4 Å². The third-order valence-corrected chi connectivity index (χ3v) is 3.56. The van der Waals surface area contributed by atoms with Crippen molar-refractivity contribution in [2.75, 3.05) is 37.3 Å². The van der Waals surface area contributed by atoms with Crippen molar-refractivity contribution in [1.29, 1.82) is 0 Å². The molecule has 0 aliphatic rings. The van der Waals surface area contributed by atoms with E-state index in [0.717, 1.165) is 5.69 Å². The second-order valence-electron chi connectivity index (χ2n) is 3.83. The van der Waals surface area contributed by atoms with Crippen LogP contribution in [-0.2, 0) is 9.84 Å². The second kappa shape index (κ2) is 6.00. The van der Waals surface area contributed by atoms with E-state index in [2.05, 4.69) is 0 Å². The molecule has 0 saturated heterocycles. The van der Waals surface area contributed by atoms with Gasteiger partial charge in [-0.3, -0.25) is 0 Å². The van der Waals surface area contributed by atoms with Crippen molar-refractivity contribution in [3.05, 3.63) is 24.3 Å². The van der Waals surface area contributed by atoms with Gasteiger partial charge in [-0.15, -0.1) is 0 Å². The van der Waals surface area contributed by atoms with Gasteiger partial charge in [0.25, 0.3) is 0 Å². The van der Waals surface area contributed by atoms with Gasteiger partial charge in [0, 0.05) is 38.1 Å². The molecule has 0 bridgehead atoms. The predicted octanol–water partition coefficient (Wildman–Crippen LogP) is -0.186. The van der Waals surface area contributed by atoms with Gasteiger partial charge in [-0.25, -0.2) is 8.42 Å². The Balaban J connectivity index is 2.91. The largest absolute Gasteiger partial charge is 0.369 e. The van der Waals surface area contributed by atoms with Gasteiger partial charge in [0.1, 0.15) is 0 Å². The van der Waals surface area contributed by atoms with Crippen molar-refractivity contribution < 1.29 is 8.42 Å². The van der Waals surface area contributed by atoms with Gasteiger partial charge >= 0.3 is 0 Å². The molecule has 0 unspecified atom stereocenters. The molecule has 0 aliphatic heterocycles. The van der Waals surface area contributed by atoms with E-state index in [9.17, 15) is 8.42 Å². The molecular weight excluding hydrogens is 238 g/mol. The minimum Gasteiger partial charge on any atom is -0.369 e. The molecule has 96 valence electrons. The number of hydrogen-bond donors (Lipinski definition) is 2. The third kappa shape index (κ3) is 3.99. The SMILES string of the molecule is CS(=O)(=O)c1ccc(N(CCN)CCN)cc1. The zero-order valence-corrected chi connectivity index (χ0v) is 10.8. The highest BCUT2D eigenvalue weighted by atomic mass is 32.2. The number of rotatable bonds is 6. The van der Waals surface area contributed by atoms with Crippen molar-refractivity contribution in [3.63, 3.8) is 0 Å². The van der Waals surface area contributed by atoms with Crippen LogP contribution in [0.15, 0.2) is 29.2 Å². The van der Waals surface area contributed by atoms with E-state index in [-0.39, 0.29) is 0 Å². The Morgan fingerprint density at radius 3 is 1.88 bits per heavy atom. The highest BCUT2D eigenvalue weighted by molar-refractivity contribution is 7.90. The van der Waals surface area contributed by atoms with E-state index in [4.69, 9.17) is 11.5 Å². The van der Waals surface area contributed by atoms with E-state index in [1.54, 1.807) is 24.3 Å². The fraction of sp³-hybridized carbons (Fsp3) is 0.455. The summed E-state index contributed by atoms with van der Waals surface area (Å²) in [6.07, 6.45) is 1.19. The van der Waals surface area contributed by atoms with Crippen molar-refractivity contribution in [3.8, 4) is 0 Å². The van der Waals surface area contributed by atoms with Gasteiger partial charge < -0.3 is 16.4 Å². The van der Waals surface area contributed by atoms with Gasteiger partial charge in [-0.1, -0.05) is 0 Å². The van der Waals surface area contributed by atoms with E-state index in [0.29, 0.717) is 31.1 Å². The average Bonchev–Trinajstić information content (AvgIpc) is 2.28. The van der Waals surface area contributed by atoms with Crippen molar-refractivity contribution in [2.24, 2.45) is 11.5 Å². The molecule has 4 N–H and O–H groups in total. The fourth-order valence-electron chi connectivity index (χ4n) is 1.59. The summed E-state index contributed by atoms with van der Waals surface area (Å²) in [4.78, 5) is 2.35. The van der Waals surface area contributed by atoms with Crippen LogP contribution < -0.4 is 16.4 Å². The summed E-state index contributed by atoms with van der Waals surface area (Å²) in [7, 11) is -3.14. The Bertz CT molecular complexity index is 436. The number of anilines is 1. The van der Waals surface area contributed by atoms with Gasteiger partial charge in [0.15, 0.2) is 9.84 Å². The van der Waals surface area contributed by atoms with Crippen molar-refractivity contribution in [1.82, 2.24) is 0 Å². The quantitative estimate of drug-likeness (QED) is 0.737. The zero-order chi connectivity index (χ0) is 12.9. The summed E-state index contributed by atoms with van der Waals surface area (Å²) >= 11 is 0. The molecule has 0 spiro atoms. The zero-order valence-electron chi connectivity index (χ0n) is 9.96. The summed E-state index contributed by atoms with van der Waals surface area (Å²) in [6.45, 7) is 2.48. The molecule has 0 heterocycles. The molecular formula is C11H19N3O2S. The minimum absolute atomic E-state index is 0.321. The second-order valence-corrected chi connectivity index (χ2v) is 5.85. The van der Waals surface area contributed by atoms with E-state index in [1.165, 1.54) is 6.26 Å². The average molecular weight is 257 g/mol. The standard InChI is InChI=1S/C11H19N3O2S/c1-17(15,16)11-4-2-10(3-5-11)14(8-6-12)9-7-13/h2-5H,6-9,12-13H2,1H3. The first kappa shape index (κ1) is 14.0. The van der Waals surface area contributed by atoms with E-state index < -0.39 is 9.84 Å². The molecule has 0 aliphatic carbocycles. The molecule has 0 saturated carbocycles. The molecule has 1 rings (SSSR count). The molecule has 0 radical (unpaired) electrons. The molecule has 0 fully saturated rings. The summed E-state index contributed by atoms with van der Waals surface area (Å²) in [6, 6.07) is 6.76. The van der Waals surface area contributed by atoms with Gasteiger partial charge in [-0.2, -0.15) is 0 Å². The molecule has 6 heteroatoms. The number of hydrogen-bond acceptors (Lipinski definition) is 5. The summed E-state index contributed by atoms with van der Waals surface area (Å²) in [5.41, 5.74) is 12.0. The molecule has 0 atom stereocenters. The van der Waals surface area contributed by atoms with Crippen LogP contribution in [0, 0.1) is 0 Å². The number of sulfone groups is 1. The smallest absolute Gasteiger partial charge is 0.175 e. The first-order chi connectivity index (χ1) is 7.99. The molecule has 1 aromatic rings. The lowest BCUT2D eigenvalue weighted by molar-refractivity contribution is 0.602. The lowest BCUT2D eigenvalue weighted by Gasteiger charge is -2.23. The van der Waals surface area contributed by atoms with Crippen molar-refractivity contribution >= 4 is 15.5 Å². The van der Waals surface area contributed by atoms with Crippen LogP contribution in [0.2, 0.25) is 0 Å². The van der Waals surface area contributed by atoms with Crippen LogP contribution in [0.4, 0.5) is 5.69 Å². The number of nitrogens with two attached hydrogens (primary N) is 2. The Hall–Kier alpha value is -1.11. The van der Waals surface area contributed by atoms with Crippen LogP contribution in [-0.4, -0.2) is 40.9 Å². The molecule has 1 aromatic carbocycles. The Morgan fingerprint density at radius 1 is 1.06 bits per heavy atom. The molecule has 17 heavy (non-hydrogen) atoms. The number of nitrogens with zero attached hydrogens (tertiary/aromatic N) is 1. The van der Waals surface area contributed by atoms with Crippen molar-refractivity contribution in [2.45, 2.75) is 4.90 Å². The number of benzene rings is 1. The summed E-state index contributed by atoms with van der Waals surface area (Å²) in [5, 5.41) is 0. The first-order valence-electron chi connectivity index (χ1n) is 5.44. The highest BCUT2D eigenvalue weighted by Gasteiger charge is 2.08. The lowest BCUT2D eigenvalue weighted by Crippen LogP contribution is -2.33. The Labute approximate surface area is 102 Å². The molecule has 5 nitrogen and oxygen atoms in total. The maximum Gasteiger partial charge on any atom is 0.175 e. The maximum absolute atomic E-state index is 11.3. The van der Waals surface area contributed by atoms with Crippen LogP contribution in [0.1, 0.15) is 0 Å². The third-order valence-electron chi connectivity index (χ3n) is 2.43. The van der Waals surface area contributed by atoms with Gasteiger partial charge in [-0.05, 0) is 24.3 Å². The van der Waals surface area contributed by atoms with Gasteiger partial charge in [0.2, 0.25) is 0 Å². The normalized spacial score (nSPS) is 11.5. The van der Waals surface area contributed by atoms with E-state index in [1.807, 2.05) is 4.90 Å². The minimum atomic E-state index is -3.14. The maximum atomic E-state index is 11.3. The molecule has 0 amide bonds. The van der Waals surface area contributed by atoms with Gasteiger partial charge in [0.05, 0.1) is 4.90 Å². The fourth-order valence-corrected chi connectivity index (χ4v) is 2.22. The lowest BCUT2D eigenvalue weighted by atomic mass is 10.3. The summed E-state index contributed by atoms with van der Waals surface area (Å²) in [5.74, 6) is 0.